The van der Waals surface area contributed by atoms with Gasteiger partial charge in [0, 0.05) is 11.8 Å². The van der Waals surface area contributed by atoms with Crippen molar-refractivity contribution in [2.45, 2.75) is 11.1 Å². The minimum Gasteiger partial charge on any atom is -0.279 e. The average molecular weight is 346 g/mol. The molecule has 0 saturated carbocycles. The van der Waals surface area contributed by atoms with Crippen molar-refractivity contribution in [1.82, 2.24) is 0 Å². The topological polar surface area (TPSA) is 89.3 Å². The molecule has 0 saturated heterocycles. The molecule has 2 rings (SSSR count). The van der Waals surface area contributed by atoms with Gasteiger partial charge in [0.1, 0.15) is 0 Å². The van der Waals surface area contributed by atoms with Gasteiger partial charge in [-0.1, -0.05) is 18.2 Å². The molecule has 0 heterocycles. The maximum Gasteiger partial charge on any atom is 0.416 e. The third kappa shape index (κ3) is 3.77. The highest BCUT2D eigenvalue weighted by Crippen LogP contribution is 2.34. The maximum absolute atomic E-state index is 12.6. The lowest BCUT2D eigenvalue weighted by atomic mass is 10.2. The van der Waals surface area contributed by atoms with Crippen LogP contribution in [0, 0.1) is 10.1 Å². The second-order valence-corrected chi connectivity index (χ2v) is 6.06. The van der Waals surface area contributed by atoms with Crippen molar-refractivity contribution in [2.24, 2.45) is 0 Å². The highest BCUT2D eigenvalue weighted by atomic mass is 32.2. The molecule has 0 aliphatic rings. The fourth-order valence-corrected chi connectivity index (χ4v) is 2.99. The number of halogens is 3. The van der Waals surface area contributed by atoms with Crippen LogP contribution in [0.25, 0.3) is 0 Å². The number of rotatable bonds is 4. The average Bonchev–Trinajstić information content (AvgIpc) is 2.46. The molecule has 0 spiro atoms. The van der Waals surface area contributed by atoms with E-state index in [1.165, 1.54) is 24.3 Å². The van der Waals surface area contributed by atoms with Crippen molar-refractivity contribution in [3.8, 4) is 0 Å². The third-order valence-electron chi connectivity index (χ3n) is 2.80. The normalized spacial score (nSPS) is 12.0. The van der Waals surface area contributed by atoms with Gasteiger partial charge in [0.25, 0.3) is 15.7 Å². The lowest BCUT2D eigenvalue weighted by Gasteiger charge is -2.11. The van der Waals surface area contributed by atoms with Crippen molar-refractivity contribution in [3.63, 3.8) is 0 Å². The standard InChI is InChI=1S/C13H9F3N2O4S/c14-13(15,16)9-6-7-12(11(8-9)18(19)20)23(21,22)17-10-4-2-1-3-5-10/h1-8,17H. The monoisotopic (exact) mass is 346 g/mol. The summed E-state index contributed by atoms with van der Waals surface area (Å²) in [5, 5.41) is 10.9. The van der Waals surface area contributed by atoms with Gasteiger partial charge in [-0.25, -0.2) is 8.42 Å². The Hall–Kier alpha value is -2.62. The van der Waals surface area contributed by atoms with Gasteiger partial charge in [0.2, 0.25) is 0 Å². The van der Waals surface area contributed by atoms with Crippen LogP contribution in [0.2, 0.25) is 0 Å². The van der Waals surface area contributed by atoms with E-state index in [1.54, 1.807) is 6.07 Å². The van der Waals surface area contributed by atoms with Crippen LogP contribution in [0.4, 0.5) is 24.5 Å². The zero-order valence-electron chi connectivity index (χ0n) is 11.2. The summed E-state index contributed by atoms with van der Waals surface area (Å²) in [6.07, 6.45) is -4.82. The summed E-state index contributed by atoms with van der Waals surface area (Å²) in [6, 6.07) is 8.70. The fraction of sp³-hybridized carbons (Fsp3) is 0.0769. The van der Waals surface area contributed by atoms with Gasteiger partial charge in [0.05, 0.1) is 10.5 Å². The number of alkyl halides is 3. The number of nitrogens with zero attached hydrogens (tertiary/aromatic N) is 1. The number of anilines is 1. The summed E-state index contributed by atoms with van der Waals surface area (Å²) >= 11 is 0. The van der Waals surface area contributed by atoms with Crippen LogP contribution in [0.5, 0.6) is 0 Å². The van der Waals surface area contributed by atoms with Crippen LogP contribution in [0.15, 0.2) is 53.4 Å². The van der Waals surface area contributed by atoms with Crippen molar-refractivity contribution in [1.29, 1.82) is 0 Å². The molecule has 10 heteroatoms. The summed E-state index contributed by atoms with van der Waals surface area (Å²) in [7, 11) is -4.41. The van der Waals surface area contributed by atoms with Crippen molar-refractivity contribution >= 4 is 21.4 Å². The van der Waals surface area contributed by atoms with E-state index in [2.05, 4.69) is 4.72 Å². The summed E-state index contributed by atoms with van der Waals surface area (Å²) < 4.78 is 64.3. The van der Waals surface area contributed by atoms with Gasteiger partial charge in [-0.15, -0.1) is 0 Å². The van der Waals surface area contributed by atoms with Crippen LogP contribution in [-0.4, -0.2) is 13.3 Å². The van der Waals surface area contributed by atoms with Gasteiger partial charge >= 0.3 is 6.18 Å². The first kappa shape index (κ1) is 16.7. The second kappa shape index (κ2) is 5.88. The number of nitrogens with one attached hydrogen (secondary N) is 1. The van der Waals surface area contributed by atoms with Crippen molar-refractivity contribution in [3.05, 3.63) is 64.2 Å². The van der Waals surface area contributed by atoms with Crippen molar-refractivity contribution < 1.29 is 26.5 Å². The third-order valence-corrected chi connectivity index (χ3v) is 4.23. The Morgan fingerprint density at radius 3 is 2.17 bits per heavy atom. The Balaban J connectivity index is 2.52. The molecule has 0 aromatic heterocycles. The lowest BCUT2D eigenvalue weighted by molar-refractivity contribution is -0.388. The molecular formula is C13H9F3N2O4S. The zero-order chi connectivity index (χ0) is 17.3. The molecule has 0 aliphatic heterocycles. The minimum absolute atomic E-state index is 0.127. The molecule has 6 nitrogen and oxygen atoms in total. The predicted octanol–water partition coefficient (Wildman–Crippen LogP) is 3.41. The van der Waals surface area contributed by atoms with E-state index in [0.717, 1.165) is 0 Å². The first-order valence-corrected chi connectivity index (χ1v) is 7.53. The predicted molar refractivity (Wildman–Crippen MR) is 75.3 cm³/mol. The highest BCUT2D eigenvalue weighted by molar-refractivity contribution is 7.92. The van der Waals surface area contributed by atoms with Crippen LogP contribution in [-0.2, 0) is 16.2 Å². The number of nitro groups is 1. The molecule has 0 radical (unpaired) electrons. The summed E-state index contributed by atoms with van der Waals surface area (Å²) in [5.41, 5.74) is -2.33. The molecule has 0 unspecified atom stereocenters. The number of sulfonamides is 1. The SMILES string of the molecule is O=[N+]([O-])c1cc(C(F)(F)F)ccc1S(=O)(=O)Nc1ccccc1. The van der Waals surface area contributed by atoms with Crippen LogP contribution >= 0.6 is 0 Å². The number of nitro benzene ring substituents is 1. The van der Waals surface area contributed by atoms with E-state index < -0.39 is 37.3 Å². The quantitative estimate of drug-likeness (QED) is 0.678. The van der Waals surface area contributed by atoms with E-state index >= 15 is 0 Å². The molecular weight excluding hydrogens is 337 g/mol. The number of para-hydroxylation sites is 1. The minimum atomic E-state index is -4.82. The van der Waals surface area contributed by atoms with E-state index in [9.17, 15) is 31.7 Å². The Kier molecular flexibility index (Phi) is 4.28. The summed E-state index contributed by atoms with van der Waals surface area (Å²) in [6.45, 7) is 0. The Bertz CT molecular complexity index is 836. The zero-order valence-corrected chi connectivity index (χ0v) is 12.1. The molecule has 122 valence electrons. The van der Waals surface area contributed by atoms with Gasteiger partial charge in [-0.3, -0.25) is 14.8 Å². The smallest absolute Gasteiger partial charge is 0.279 e. The first-order valence-electron chi connectivity index (χ1n) is 6.05. The lowest BCUT2D eigenvalue weighted by Crippen LogP contribution is -2.16. The molecule has 2 aromatic carbocycles. The largest absolute Gasteiger partial charge is 0.416 e. The van der Waals surface area contributed by atoms with E-state index in [4.69, 9.17) is 0 Å². The molecule has 23 heavy (non-hydrogen) atoms. The highest BCUT2D eigenvalue weighted by Gasteiger charge is 2.35. The second-order valence-electron chi connectivity index (χ2n) is 4.41. The van der Waals surface area contributed by atoms with Crippen molar-refractivity contribution in [2.75, 3.05) is 4.72 Å². The van der Waals surface area contributed by atoms with E-state index in [1.807, 2.05) is 0 Å². The molecule has 0 aliphatic carbocycles. The molecule has 1 N–H and O–H groups in total. The molecule has 0 fully saturated rings. The Labute approximate surface area is 128 Å². The van der Waals surface area contributed by atoms with Gasteiger partial charge < -0.3 is 0 Å². The molecule has 0 amide bonds. The van der Waals surface area contributed by atoms with E-state index in [0.29, 0.717) is 12.1 Å². The maximum atomic E-state index is 12.6. The summed E-state index contributed by atoms with van der Waals surface area (Å²) in [5.74, 6) is 0. The fourth-order valence-electron chi connectivity index (χ4n) is 1.78. The van der Waals surface area contributed by atoms with E-state index in [-0.39, 0.29) is 11.8 Å². The Morgan fingerprint density at radius 2 is 1.65 bits per heavy atom. The van der Waals surface area contributed by atoms with Gasteiger partial charge in [0.15, 0.2) is 4.90 Å². The molecule has 2 aromatic rings. The Morgan fingerprint density at radius 1 is 1.04 bits per heavy atom. The number of hydrogen-bond donors (Lipinski definition) is 1. The summed E-state index contributed by atoms with van der Waals surface area (Å²) in [4.78, 5) is 8.93. The first-order chi connectivity index (χ1) is 10.6. The molecule has 0 bridgehead atoms. The van der Waals surface area contributed by atoms with Crippen LogP contribution < -0.4 is 4.72 Å². The number of benzene rings is 2. The van der Waals surface area contributed by atoms with Gasteiger partial charge in [-0.05, 0) is 24.3 Å². The molecule has 0 atom stereocenters. The number of hydrogen-bond acceptors (Lipinski definition) is 4. The van der Waals surface area contributed by atoms with Crippen LogP contribution in [0.3, 0.4) is 0 Å². The van der Waals surface area contributed by atoms with Crippen LogP contribution in [0.1, 0.15) is 5.56 Å². The van der Waals surface area contributed by atoms with Gasteiger partial charge in [-0.2, -0.15) is 13.2 Å².